The van der Waals surface area contributed by atoms with Gasteiger partial charge in [0.05, 0.1) is 0 Å². The number of carbonyl (C=O) groups is 2. The van der Waals surface area contributed by atoms with E-state index in [1.807, 2.05) is 26.0 Å². The maximum atomic E-state index is 12.9. The number of hydrogen-bond donors (Lipinski definition) is 2. The summed E-state index contributed by atoms with van der Waals surface area (Å²) in [4.78, 5) is 25.6. The zero-order chi connectivity index (χ0) is 23.2. The molecule has 0 fully saturated rings. The number of carbonyl (C=O) groups excluding carboxylic acids is 2. The Bertz CT molecular complexity index is 876. The molecule has 31 heavy (non-hydrogen) atoms. The van der Waals surface area contributed by atoms with Crippen LogP contribution in [0.25, 0.3) is 10.6 Å². The molecule has 0 spiro atoms. The third-order valence-corrected chi connectivity index (χ3v) is 6.19. The summed E-state index contributed by atoms with van der Waals surface area (Å²) >= 11 is 7.21. The number of nitrogens with one attached hydrogen (secondary N) is 2. The topological polar surface area (TPSA) is 84.0 Å². The lowest BCUT2D eigenvalue weighted by Gasteiger charge is -2.26. The minimum atomic E-state index is -0.623. The fourth-order valence-electron chi connectivity index (χ4n) is 3.53. The van der Waals surface area contributed by atoms with Crippen molar-refractivity contribution in [1.29, 1.82) is 0 Å². The highest BCUT2D eigenvalue weighted by molar-refractivity contribution is 7.18. The zero-order valence-corrected chi connectivity index (χ0v) is 20.7. The van der Waals surface area contributed by atoms with Gasteiger partial charge in [0, 0.05) is 17.0 Å². The Hall–Kier alpha value is -1.99. The van der Waals surface area contributed by atoms with E-state index >= 15 is 0 Å². The summed E-state index contributed by atoms with van der Waals surface area (Å²) in [6.45, 7) is 12.5. The molecule has 3 unspecified atom stereocenters. The van der Waals surface area contributed by atoms with Crippen molar-refractivity contribution in [2.24, 2.45) is 17.3 Å². The molecule has 0 bridgehead atoms. The zero-order valence-electron chi connectivity index (χ0n) is 19.2. The Morgan fingerprint density at radius 2 is 1.77 bits per heavy atom. The fourth-order valence-corrected chi connectivity index (χ4v) is 4.41. The van der Waals surface area contributed by atoms with Crippen molar-refractivity contribution in [2.45, 2.75) is 66.8 Å². The summed E-state index contributed by atoms with van der Waals surface area (Å²) < 4.78 is 0. The molecular weight excluding hydrogens is 432 g/mol. The van der Waals surface area contributed by atoms with Crippen LogP contribution in [0, 0.1) is 17.3 Å². The number of amides is 2. The van der Waals surface area contributed by atoms with Crippen LogP contribution in [0.15, 0.2) is 24.3 Å². The summed E-state index contributed by atoms with van der Waals surface area (Å²) in [5.74, 6) is -0.141. The van der Waals surface area contributed by atoms with Gasteiger partial charge in [-0.3, -0.25) is 14.9 Å². The third-order valence-electron chi connectivity index (χ3n) is 5.05. The lowest BCUT2D eigenvalue weighted by atomic mass is 9.84. The van der Waals surface area contributed by atoms with Crippen LogP contribution >= 0.6 is 22.9 Å². The minimum absolute atomic E-state index is 0.00877. The van der Waals surface area contributed by atoms with Gasteiger partial charge in [0.25, 0.3) is 0 Å². The molecule has 3 atom stereocenters. The quantitative estimate of drug-likeness (QED) is 0.491. The van der Waals surface area contributed by atoms with Gasteiger partial charge in [-0.15, -0.1) is 10.2 Å². The van der Waals surface area contributed by atoms with E-state index in [0.29, 0.717) is 21.6 Å². The molecule has 0 saturated carbocycles. The molecule has 1 aromatic heterocycles. The molecule has 0 aliphatic rings. The maximum Gasteiger partial charge on any atom is 0.249 e. The largest absolute Gasteiger partial charge is 0.344 e. The van der Waals surface area contributed by atoms with Gasteiger partial charge in [0.15, 0.2) is 0 Å². The van der Waals surface area contributed by atoms with Crippen LogP contribution in [0.2, 0.25) is 5.02 Å². The highest BCUT2D eigenvalue weighted by Gasteiger charge is 2.28. The molecule has 6 nitrogen and oxygen atoms in total. The number of halogens is 1. The summed E-state index contributed by atoms with van der Waals surface area (Å²) in [6, 6.07) is 6.66. The molecule has 2 aromatic rings. The van der Waals surface area contributed by atoms with E-state index in [0.717, 1.165) is 18.4 Å². The third kappa shape index (κ3) is 8.22. The second-order valence-electron chi connectivity index (χ2n) is 9.41. The van der Waals surface area contributed by atoms with Crippen molar-refractivity contribution in [3.05, 3.63) is 29.3 Å². The van der Waals surface area contributed by atoms with Crippen LogP contribution < -0.4 is 10.6 Å². The van der Waals surface area contributed by atoms with Gasteiger partial charge >= 0.3 is 0 Å². The normalized spacial score (nSPS) is 14.5. The van der Waals surface area contributed by atoms with Crippen LogP contribution in [-0.2, 0) is 9.59 Å². The number of nitrogens with zero attached hydrogens (tertiary/aromatic N) is 2. The van der Waals surface area contributed by atoms with Gasteiger partial charge in [-0.1, -0.05) is 83.0 Å². The first-order valence-electron chi connectivity index (χ1n) is 10.7. The molecule has 1 heterocycles. The molecule has 0 aliphatic carbocycles. The van der Waals surface area contributed by atoms with Crippen molar-refractivity contribution < 1.29 is 9.59 Å². The first-order valence-corrected chi connectivity index (χ1v) is 11.9. The van der Waals surface area contributed by atoms with Gasteiger partial charge in [0.1, 0.15) is 11.0 Å². The Morgan fingerprint density at radius 3 is 2.35 bits per heavy atom. The Kier molecular flexibility index (Phi) is 9.01. The van der Waals surface area contributed by atoms with Crippen LogP contribution in [0.3, 0.4) is 0 Å². The predicted octanol–water partition coefficient (Wildman–Crippen LogP) is 5.79. The SMILES string of the molecule is CCC(C)C(NC(=O)CC(C)CC(C)(C)C)C(=O)Nc1nnc(-c2ccc(Cl)cc2)s1. The summed E-state index contributed by atoms with van der Waals surface area (Å²) in [5, 5.41) is 15.7. The Morgan fingerprint density at radius 1 is 1.13 bits per heavy atom. The maximum absolute atomic E-state index is 12.9. The number of rotatable bonds is 9. The van der Waals surface area contributed by atoms with Crippen LogP contribution in [0.4, 0.5) is 5.13 Å². The second-order valence-corrected chi connectivity index (χ2v) is 10.8. The first kappa shape index (κ1) is 25.3. The van der Waals surface area contributed by atoms with E-state index in [9.17, 15) is 9.59 Å². The summed E-state index contributed by atoms with van der Waals surface area (Å²) in [6.07, 6.45) is 2.11. The minimum Gasteiger partial charge on any atom is -0.344 e. The average Bonchev–Trinajstić information content (AvgIpc) is 3.12. The molecule has 2 amide bonds. The fraction of sp³-hybridized carbons (Fsp3) is 0.565. The second kappa shape index (κ2) is 11.0. The number of hydrogen-bond acceptors (Lipinski definition) is 5. The molecule has 2 N–H and O–H groups in total. The van der Waals surface area contributed by atoms with Gasteiger partial charge in [-0.2, -0.15) is 0 Å². The van der Waals surface area contributed by atoms with E-state index in [4.69, 9.17) is 11.6 Å². The lowest BCUT2D eigenvalue weighted by molar-refractivity contribution is -0.128. The van der Waals surface area contributed by atoms with Gasteiger partial charge in [-0.05, 0) is 35.8 Å². The van der Waals surface area contributed by atoms with Gasteiger partial charge < -0.3 is 5.32 Å². The molecule has 170 valence electrons. The molecule has 1 aromatic carbocycles. The number of benzene rings is 1. The first-order chi connectivity index (χ1) is 14.5. The Labute approximate surface area is 194 Å². The van der Waals surface area contributed by atoms with E-state index in [-0.39, 0.29) is 29.1 Å². The molecule has 2 rings (SSSR count). The number of anilines is 1. The highest BCUT2D eigenvalue weighted by atomic mass is 35.5. The summed E-state index contributed by atoms with van der Waals surface area (Å²) in [7, 11) is 0. The van der Waals surface area contributed by atoms with Crippen molar-refractivity contribution in [3.8, 4) is 10.6 Å². The predicted molar refractivity (Wildman–Crippen MR) is 128 cm³/mol. The molecule has 0 radical (unpaired) electrons. The molecular formula is C23H33ClN4O2S. The van der Waals surface area contributed by atoms with E-state index in [2.05, 4.69) is 48.5 Å². The van der Waals surface area contributed by atoms with Crippen molar-refractivity contribution in [2.75, 3.05) is 5.32 Å². The molecule has 0 saturated heterocycles. The van der Waals surface area contributed by atoms with Crippen LogP contribution in [0.5, 0.6) is 0 Å². The standard InChI is InChI=1S/C23H33ClN4O2S/c1-7-15(3)19(25-18(29)12-14(2)13-23(4,5)6)20(30)26-22-28-27-21(31-22)16-8-10-17(24)11-9-16/h8-11,14-15,19H,7,12-13H2,1-6H3,(H,25,29)(H,26,28,30). The van der Waals surface area contributed by atoms with Gasteiger partial charge in [-0.25, -0.2) is 0 Å². The average molecular weight is 465 g/mol. The van der Waals surface area contributed by atoms with Crippen molar-refractivity contribution in [1.82, 2.24) is 15.5 Å². The molecule has 0 aliphatic heterocycles. The van der Waals surface area contributed by atoms with Crippen LogP contribution in [-0.4, -0.2) is 28.1 Å². The highest BCUT2D eigenvalue weighted by Crippen LogP contribution is 2.28. The monoisotopic (exact) mass is 464 g/mol. The van der Waals surface area contributed by atoms with E-state index in [1.54, 1.807) is 12.1 Å². The number of aromatic nitrogens is 2. The van der Waals surface area contributed by atoms with Crippen molar-refractivity contribution >= 4 is 39.9 Å². The van der Waals surface area contributed by atoms with Gasteiger partial charge in [0.2, 0.25) is 16.9 Å². The van der Waals surface area contributed by atoms with Crippen LogP contribution in [0.1, 0.15) is 60.8 Å². The molecule has 8 heteroatoms. The van der Waals surface area contributed by atoms with E-state index < -0.39 is 6.04 Å². The van der Waals surface area contributed by atoms with Crippen molar-refractivity contribution in [3.63, 3.8) is 0 Å². The summed E-state index contributed by atoms with van der Waals surface area (Å²) in [5.41, 5.74) is 1.04. The smallest absolute Gasteiger partial charge is 0.249 e. The lowest BCUT2D eigenvalue weighted by Crippen LogP contribution is -2.48. The van der Waals surface area contributed by atoms with E-state index in [1.165, 1.54) is 11.3 Å². The Balaban J connectivity index is 2.03.